The second-order valence-electron chi connectivity index (χ2n) is 2.87. The summed E-state index contributed by atoms with van der Waals surface area (Å²) in [5, 5.41) is 10.3. The quantitative estimate of drug-likeness (QED) is 0.502. The van der Waals surface area contributed by atoms with Gasteiger partial charge in [-0.15, -0.1) is 0 Å². The predicted octanol–water partition coefficient (Wildman–Crippen LogP) is 2.24. The van der Waals surface area contributed by atoms with Gasteiger partial charge in [0.25, 0.3) is 17.7 Å². The average Bonchev–Trinajstić information content (AvgIpc) is 2.14. The summed E-state index contributed by atoms with van der Waals surface area (Å²) in [6.45, 7) is 0. The number of hydrogen-bond donors (Lipinski definition) is 1. The third-order valence-electron chi connectivity index (χ3n) is 1.77. The van der Waals surface area contributed by atoms with Crippen LogP contribution in [0.3, 0.4) is 0 Å². The van der Waals surface area contributed by atoms with Crippen LogP contribution in [0.4, 0.5) is 27.6 Å². The van der Waals surface area contributed by atoms with Gasteiger partial charge in [-0.2, -0.15) is 13.2 Å². The molecule has 0 saturated carbocycles. The zero-order valence-corrected chi connectivity index (χ0v) is 7.72. The van der Waals surface area contributed by atoms with Crippen molar-refractivity contribution >= 4 is 5.69 Å². The number of halogens is 5. The first kappa shape index (κ1) is 13.1. The molecule has 0 bridgehead atoms. The number of hydrogen-bond acceptors (Lipinski definition) is 3. The second kappa shape index (κ2) is 4.11. The van der Waals surface area contributed by atoms with Crippen molar-refractivity contribution in [3.05, 3.63) is 37.8 Å². The highest BCUT2D eigenvalue weighted by atomic mass is 19.4. The molecule has 5 nitrogen and oxygen atoms in total. The number of pyridine rings is 1. The fraction of sp³-hybridized carbons (Fsp3) is 0.286. The Bertz CT molecular complexity index is 507. The molecule has 0 saturated heterocycles. The van der Waals surface area contributed by atoms with E-state index in [0.29, 0.717) is 0 Å². The van der Waals surface area contributed by atoms with Crippen LogP contribution in [0.2, 0.25) is 0 Å². The molecule has 0 spiro atoms. The number of alkyl halides is 5. The lowest BCUT2D eigenvalue weighted by Crippen LogP contribution is -2.23. The van der Waals surface area contributed by atoms with Crippen LogP contribution in [0, 0.1) is 10.1 Å². The summed E-state index contributed by atoms with van der Waals surface area (Å²) in [7, 11) is 0. The first-order chi connectivity index (χ1) is 7.64. The highest BCUT2D eigenvalue weighted by molar-refractivity contribution is 5.39. The lowest BCUT2D eigenvalue weighted by atomic mass is 10.2. The van der Waals surface area contributed by atoms with E-state index in [1.807, 2.05) is 0 Å². The molecule has 1 aromatic rings. The normalized spacial score (nSPS) is 11.9. The van der Waals surface area contributed by atoms with E-state index in [-0.39, 0.29) is 6.07 Å². The molecule has 0 aliphatic heterocycles. The largest absolute Gasteiger partial charge is 0.421 e. The predicted molar refractivity (Wildman–Crippen MR) is 43.7 cm³/mol. The Balaban J connectivity index is 3.57. The van der Waals surface area contributed by atoms with E-state index in [1.165, 1.54) is 0 Å². The van der Waals surface area contributed by atoms with Crippen molar-refractivity contribution in [1.82, 2.24) is 4.98 Å². The number of H-pyrrole nitrogens is 1. The molecule has 10 heteroatoms. The van der Waals surface area contributed by atoms with Crippen molar-refractivity contribution in [2.75, 3.05) is 0 Å². The summed E-state index contributed by atoms with van der Waals surface area (Å²) in [5.41, 5.74) is -6.67. The summed E-state index contributed by atoms with van der Waals surface area (Å²) in [4.78, 5) is 20.9. The summed E-state index contributed by atoms with van der Waals surface area (Å²) in [6.07, 6.45) is -8.61. The molecule has 1 heterocycles. The fourth-order valence-corrected chi connectivity index (χ4v) is 1.06. The van der Waals surface area contributed by atoms with Crippen LogP contribution in [0.25, 0.3) is 0 Å². The van der Waals surface area contributed by atoms with Crippen molar-refractivity contribution in [3.63, 3.8) is 0 Å². The maximum atomic E-state index is 12.2. The maximum Gasteiger partial charge on any atom is 0.421 e. The van der Waals surface area contributed by atoms with Gasteiger partial charge in [0.15, 0.2) is 5.69 Å². The molecular formula is C7H3F5N2O3. The highest BCUT2D eigenvalue weighted by Crippen LogP contribution is 2.32. The summed E-state index contributed by atoms with van der Waals surface area (Å²) >= 11 is 0. The standard InChI is InChI=1S/C7H3F5N2O3/c8-5(9)4-3(14(16)17)1-2(6(15)13-4)7(10,11)12/h1,5H,(H,13,15). The number of aromatic amines is 1. The van der Waals surface area contributed by atoms with Crippen molar-refractivity contribution in [2.45, 2.75) is 12.6 Å². The average molecular weight is 258 g/mol. The molecule has 0 aliphatic rings. The molecule has 0 fully saturated rings. The molecule has 1 N–H and O–H groups in total. The molecule has 0 unspecified atom stereocenters. The van der Waals surface area contributed by atoms with Crippen LogP contribution in [-0.2, 0) is 6.18 Å². The van der Waals surface area contributed by atoms with Crippen molar-refractivity contribution in [2.24, 2.45) is 0 Å². The van der Waals surface area contributed by atoms with Crippen molar-refractivity contribution < 1.29 is 26.9 Å². The van der Waals surface area contributed by atoms with Gasteiger partial charge in [0, 0.05) is 6.07 Å². The van der Waals surface area contributed by atoms with Crippen LogP contribution >= 0.6 is 0 Å². The van der Waals surface area contributed by atoms with Gasteiger partial charge in [0.05, 0.1) is 4.92 Å². The number of nitrogens with one attached hydrogen (secondary N) is 1. The van der Waals surface area contributed by atoms with Crippen LogP contribution in [0.5, 0.6) is 0 Å². The van der Waals surface area contributed by atoms with Crippen LogP contribution in [0.1, 0.15) is 17.7 Å². The Morgan fingerprint density at radius 1 is 1.35 bits per heavy atom. The van der Waals surface area contributed by atoms with Crippen LogP contribution in [0.15, 0.2) is 10.9 Å². The zero-order chi connectivity index (χ0) is 13.4. The summed E-state index contributed by atoms with van der Waals surface area (Å²) in [5.74, 6) is 0. The van der Waals surface area contributed by atoms with E-state index < -0.39 is 40.0 Å². The number of nitrogens with zero attached hydrogens (tertiary/aromatic N) is 1. The molecule has 0 atom stereocenters. The molecular weight excluding hydrogens is 255 g/mol. The number of rotatable bonds is 2. The number of aromatic nitrogens is 1. The monoisotopic (exact) mass is 258 g/mol. The fourth-order valence-electron chi connectivity index (χ4n) is 1.06. The molecule has 1 rings (SSSR count). The SMILES string of the molecule is O=c1[nH]c(C(F)F)c([N+](=O)[O-])cc1C(F)(F)F. The van der Waals surface area contributed by atoms with E-state index in [2.05, 4.69) is 0 Å². The third-order valence-corrected chi connectivity index (χ3v) is 1.77. The maximum absolute atomic E-state index is 12.2. The van der Waals surface area contributed by atoms with Gasteiger partial charge >= 0.3 is 6.18 Å². The smallest absolute Gasteiger partial charge is 0.315 e. The minimum atomic E-state index is -5.15. The Hall–Kier alpha value is -2.00. The third kappa shape index (κ3) is 2.57. The van der Waals surface area contributed by atoms with Gasteiger partial charge in [-0.1, -0.05) is 0 Å². The van der Waals surface area contributed by atoms with E-state index in [4.69, 9.17) is 0 Å². The van der Waals surface area contributed by atoms with Crippen molar-refractivity contribution in [1.29, 1.82) is 0 Å². The molecule has 1 aromatic heterocycles. The number of nitro groups is 1. The molecule has 0 aromatic carbocycles. The van der Waals surface area contributed by atoms with Crippen molar-refractivity contribution in [3.8, 4) is 0 Å². The molecule has 0 aliphatic carbocycles. The molecule has 17 heavy (non-hydrogen) atoms. The Morgan fingerprint density at radius 3 is 2.24 bits per heavy atom. The molecule has 0 radical (unpaired) electrons. The van der Waals surface area contributed by atoms with Gasteiger partial charge < -0.3 is 4.98 Å². The lowest BCUT2D eigenvalue weighted by molar-refractivity contribution is -0.386. The lowest BCUT2D eigenvalue weighted by Gasteiger charge is -2.07. The molecule has 94 valence electrons. The van der Waals surface area contributed by atoms with Gasteiger partial charge in [-0.25, -0.2) is 8.78 Å². The Kier molecular flexibility index (Phi) is 3.16. The topological polar surface area (TPSA) is 76.0 Å². The van der Waals surface area contributed by atoms with Gasteiger partial charge in [0.1, 0.15) is 5.56 Å². The summed E-state index contributed by atoms with van der Waals surface area (Å²) < 4.78 is 61.1. The van der Waals surface area contributed by atoms with Gasteiger partial charge in [-0.05, 0) is 0 Å². The van der Waals surface area contributed by atoms with E-state index in [1.54, 1.807) is 0 Å². The van der Waals surface area contributed by atoms with E-state index in [0.717, 1.165) is 4.98 Å². The second-order valence-corrected chi connectivity index (χ2v) is 2.87. The van der Waals surface area contributed by atoms with E-state index >= 15 is 0 Å². The Morgan fingerprint density at radius 2 is 1.88 bits per heavy atom. The highest BCUT2D eigenvalue weighted by Gasteiger charge is 2.37. The minimum absolute atomic E-state index is 0.208. The van der Waals surface area contributed by atoms with E-state index in [9.17, 15) is 36.9 Å². The van der Waals surface area contributed by atoms with Crippen LogP contribution in [-0.4, -0.2) is 9.91 Å². The van der Waals surface area contributed by atoms with Gasteiger partial charge in [-0.3, -0.25) is 14.9 Å². The minimum Gasteiger partial charge on any atom is -0.315 e. The van der Waals surface area contributed by atoms with Gasteiger partial charge in [0.2, 0.25) is 0 Å². The zero-order valence-electron chi connectivity index (χ0n) is 7.72. The first-order valence-electron chi connectivity index (χ1n) is 3.91. The Labute approximate surface area is 89.0 Å². The van der Waals surface area contributed by atoms with Crippen LogP contribution < -0.4 is 5.56 Å². The summed E-state index contributed by atoms with van der Waals surface area (Å²) in [6, 6.07) is -0.208. The first-order valence-corrected chi connectivity index (χ1v) is 3.91. The molecule has 0 amide bonds.